The van der Waals surface area contributed by atoms with Crippen LogP contribution >= 0.6 is 0 Å². The van der Waals surface area contributed by atoms with Crippen LogP contribution in [0.4, 0.5) is 4.39 Å². The van der Waals surface area contributed by atoms with Crippen LogP contribution in [-0.4, -0.2) is 39.6 Å². The summed E-state index contributed by atoms with van der Waals surface area (Å²) < 4.78 is 13.5. The molecule has 29 heavy (non-hydrogen) atoms. The smallest absolute Gasteiger partial charge is 0.256 e. The Labute approximate surface area is 167 Å². The number of rotatable bonds is 4. The fourth-order valence-electron chi connectivity index (χ4n) is 3.89. The van der Waals surface area contributed by atoms with Gasteiger partial charge in [-0.05, 0) is 41.0 Å². The van der Waals surface area contributed by atoms with Crippen molar-refractivity contribution in [3.63, 3.8) is 0 Å². The van der Waals surface area contributed by atoms with Gasteiger partial charge >= 0.3 is 0 Å². The van der Waals surface area contributed by atoms with Crippen LogP contribution in [0.15, 0.2) is 73.1 Å². The second-order valence-corrected chi connectivity index (χ2v) is 6.94. The van der Waals surface area contributed by atoms with Gasteiger partial charge in [0.15, 0.2) is 0 Å². The number of hydrogen-bond acceptors (Lipinski definition) is 4. The largest absolute Gasteiger partial charge is 0.394 e. The lowest BCUT2D eigenvalue weighted by Crippen LogP contribution is -2.65. The Morgan fingerprint density at radius 2 is 1.93 bits per heavy atom. The monoisotopic (exact) mass is 387 g/mol. The number of benzene rings is 2. The molecule has 5 nitrogen and oxygen atoms in total. The maximum absolute atomic E-state index is 13.5. The Morgan fingerprint density at radius 3 is 2.55 bits per heavy atom. The summed E-state index contributed by atoms with van der Waals surface area (Å²) >= 11 is 0. The number of likely N-dealkylation sites (tertiary alicyclic amines) is 1. The molecule has 1 fully saturated rings. The summed E-state index contributed by atoms with van der Waals surface area (Å²) in [6.45, 7) is -0.250. The number of pyridine rings is 1. The highest BCUT2D eigenvalue weighted by Crippen LogP contribution is 2.41. The minimum Gasteiger partial charge on any atom is -0.394 e. The van der Waals surface area contributed by atoms with Gasteiger partial charge in [0, 0.05) is 18.3 Å². The Hall–Kier alpha value is -3.56. The SMILES string of the molecule is N#C[C@H]1[C@@H](c2ccc(-c3cccc(F)c3)cc2)[C@@H](CO)N1C(=O)c1cccnc1. The third-order valence-electron chi connectivity index (χ3n) is 5.33. The summed E-state index contributed by atoms with van der Waals surface area (Å²) in [5, 5.41) is 19.6. The third-order valence-corrected chi connectivity index (χ3v) is 5.33. The predicted molar refractivity (Wildman–Crippen MR) is 105 cm³/mol. The molecule has 4 rings (SSSR count). The van der Waals surface area contributed by atoms with E-state index in [9.17, 15) is 19.6 Å². The highest BCUT2D eigenvalue weighted by molar-refractivity contribution is 5.95. The van der Waals surface area contributed by atoms with Gasteiger partial charge in [-0.2, -0.15) is 5.26 Å². The first kappa shape index (κ1) is 18.8. The number of nitriles is 1. The average molecular weight is 387 g/mol. The molecule has 3 aromatic rings. The maximum Gasteiger partial charge on any atom is 0.256 e. The minimum absolute atomic E-state index is 0.250. The molecule has 2 heterocycles. The molecular weight excluding hydrogens is 369 g/mol. The molecule has 0 aliphatic carbocycles. The summed E-state index contributed by atoms with van der Waals surface area (Å²) in [5.41, 5.74) is 2.84. The van der Waals surface area contributed by atoms with Crippen molar-refractivity contribution in [3.8, 4) is 17.2 Å². The Bertz CT molecular complexity index is 1060. The molecule has 3 atom stereocenters. The van der Waals surface area contributed by atoms with Crippen LogP contribution < -0.4 is 0 Å². The van der Waals surface area contributed by atoms with Crippen molar-refractivity contribution in [1.29, 1.82) is 5.26 Å². The molecule has 1 aromatic heterocycles. The molecule has 0 bridgehead atoms. The van der Waals surface area contributed by atoms with Crippen molar-refractivity contribution in [1.82, 2.24) is 9.88 Å². The van der Waals surface area contributed by atoms with Gasteiger partial charge in [-0.3, -0.25) is 9.78 Å². The second kappa shape index (κ2) is 7.82. The van der Waals surface area contributed by atoms with Gasteiger partial charge in [-0.25, -0.2) is 4.39 Å². The fraction of sp³-hybridized carbons (Fsp3) is 0.174. The van der Waals surface area contributed by atoms with Crippen LogP contribution in [0.25, 0.3) is 11.1 Å². The van der Waals surface area contributed by atoms with Gasteiger partial charge in [0.05, 0.1) is 24.3 Å². The zero-order valence-corrected chi connectivity index (χ0v) is 15.4. The lowest BCUT2D eigenvalue weighted by molar-refractivity contribution is -0.00588. The van der Waals surface area contributed by atoms with E-state index in [1.165, 1.54) is 23.2 Å². The number of aliphatic hydroxyl groups is 1. The minimum atomic E-state index is -0.681. The second-order valence-electron chi connectivity index (χ2n) is 6.94. The number of halogens is 1. The van der Waals surface area contributed by atoms with Crippen molar-refractivity contribution in [3.05, 3.63) is 90.0 Å². The standard InChI is InChI=1S/C23H18FN3O2/c24-19-5-1-3-17(11-19)15-6-8-16(9-7-15)22-20(12-25)27(21(22)14-28)23(29)18-4-2-10-26-13-18/h1-11,13,20-22,28H,14H2/t20-,21+,22+/m0/s1. The molecule has 2 aromatic carbocycles. The van der Waals surface area contributed by atoms with Gasteiger partial charge in [0.1, 0.15) is 11.9 Å². The van der Waals surface area contributed by atoms with Crippen molar-refractivity contribution in [2.75, 3.05) is 6.61 Å². The summed E-state index contributed by atoms with van der Waals surface area (Å²) in [4.78, 5) is 18.2. The Kier molecular flexibility index (Phi) is 5.07. The van der Waals surface area contributed by atoms with Crippen LogP contribution in [0, 0.1) is 17.1 Å². The lowest BCUT2D eigenvalue weighted by atomic mass is 9.75. The topological polar surface area (TPSA) is 77.2 Å². The summed E-state index contributed by atoms with van der Waals surface area (Å²) in [7, 11) is 0. The van der Waals surface area contributed by atoms with E-state index in [0.717, 1.165) is 16.7 Å². The zero-order valence-electron chi connectivity index (χ0n) is 15.4. The molecule has 1 saturated heterocycles. The molecule has 1 N–H and O–H groups in total. The zero-order chi connectivity index (χ0) is 20.4. The van der Waals surface area contributed by atoms with Crippen molar-refractivity contribution in [2.45, 2.75) is 18.0 Å². The molecular formula is C23H18FN3O2. The number of carbonyl (C=O) groups is 1. The molecule has 0 spiro atoms. The molecule has 6 heteroatoms. The normalized spacial score (nSPS) is 20.6. The van der Waals surface area contributed by atoms with E-state index in [-0.39, 0.29) is 24.2 Å². The first-order valence-corrected chi connectivity index (χ1v) is 9.23. The van der Waals surface area contributed by atoms with Crippen molar-refractivity contribution >= 4 is 5.91 Å². The van der Waals surface area contributed by atoms with Gasteiger partial charge < -0.3 is 10.0 Å². The molecule has 1 amide bonds. The average Bonchev–Trinajstić information content (AvgIpc) is 2.74. The number of aromatic nitrogens is 1. The summed E-state index contributed by atoms with van der Waals surface area (Å²) in [5.74, 6) is -0.927. The predicted octanol–water partition coefficient (Wildman–Crippen LogP) is 3.38. The van der Waals surface area contributed by atoms with E-state index in [0.29, 0.717) is 5.56 Å². The van der Waals surface area contributed by atoms with Crippen molar-refractivity contribution in [2.24, 2.45) is 0 Å². The van der Waals surface area contributed by atoms with Gasteiger partial charge in [0.25, 0.3) is 5.91 Å². The first-order chi connectivity index (χ1) is 14.1. The van der Waals surface area contributed by atoms with Gasteiger partial charge in [-0.1, -0.05) is 36.4 Å². The lowest BCUT2D eigenvalue weighted by Gasteiger charge is -2.51. The van der Waals surface area contributed by atoms with E-state index in [1.807, 2.05) is 30.3 Å². The molecule has 0 saturated carbocycles. The molecule has 1 aliphatic rings. The van der Waals surface area contributed by atoms with Crippen LogP contribution in [0.3, 0.4) is 0 Å². The van der Waals surface area contributed by atoms with E-state index in [2.05, 4.69) is 11.1 Å². The highest BCUT2D eigenvalue weighted by atomic mass is 19.1. The Balaban J connectivity index is 1.60. The summed E-state index contributed by atoms with van der Waals surface area (Å²) in [6.07, 6.45) is 3.02. The summed E-state index contributed by atoms with van der Waals surface area (Å²) in [6, 6.07) is 18.1. The van der Waals surface area contributed by atoms with Crippen LogP contribution in [0.5, 0.6) is 0 Å². The van der Waals surface area contributed by atoms with Crippen LogP contribution in [0.1, 0.15) is 21.8 Å². The van der Waals surface area contributed by atoms with E-state index >= 15 is 0 Å². The maximum atomic E-state index is 13.5. The number of nitrogens with zero attached hydrogens (tertiary/aromatic N) is 3. The Morgan fingerprint density at radius 1 is 1.14 bits per heavy atom. The first-order valence-electron chi connectivity index (χ1n) is 9.23. The van der Waals surface area contributed by atoms with Gasteiger partial charge in [0.2, 0.25) is 0 Å². The number of amides is 1. The van der Waals surface area contributed by atoms with Gasteiger partial charge in [-0.15, -0.1) is 0 Å². The molecule has 0 radical (unpaired) electrons. The van der Waals surface area contributed by atoms with E-state index < -0.39 is 12.1 Å². The molecule has 1 aliphatic heterocycles. The molecule has 0 unspecified atom stereocenters. The van der Waals surface area contributed by atoms with Crippen LogP contribution in [0.2, 0.25) is 0 Å². The van der Waals surface area contributed by atoms with Crippen molar-refractivity contribution < 1.29 is 14.3 Å². The van der Waals surface area contributed by atoms with E-state index in [4.69, 9.17) is 0 Å². The number of carbonyl (C=O) groups excluding carboxylic acids is 1. The number of aliphatic hydroxyl groups excluding tert-OH is 1. The van der Waals surface area contributed by atoms with Crippen LogP contribution in [-0.2, 0) is 0 Å². The fourth-order valence-corrected chi connectivity index (χ4v) is 3.89. The van der Waals surface area contributed by atoms with E-state index in [1.54, 1.807) is 24.4 Å². The molecule has 144 valence electrons. The quantitative estimate of drug-likeness (QED) is 0.745. The number of hydrogen-bond donors (Lipinski definition) is 1. The third kappa shape index (κ3) is 3.37. The highest BCUT2D eigenvalue weighted by Gasteiger charge is 2.51.